The summed E-state index contributed by atoms with van der Waals surface area (Å²) in [4.78, 5) is 61.6. The third-order valence-electron chi connectivity index (χ3n) is 8.31. The molecule has 3 N–H and O–H groups in total. The van der Waals surface area contributed by atoms with Gasteiger partial charge in [0, 0.05) is 71.4 Å². The molecule has 0 radical (unpaired) electrons. The first-order valence-electron chi connectivity index (χ1n) is 14.7. The average Bonchev–Trinajstić information content (AvgIpc) is 3.66. The molecule has 0 saturated carbocycles. The van der Waals surface area contributed by atoms with Gasteiger partial charge in [-0.05, 0) is 68.5 Å². The third-order valence-corrected chi connectivity index (χ3v) is 10.4. The number of anilines is 1. The predicted molar refractivity (Wildman–Crippen MR) is 171 cm³/mol. The standard InChI is InChI=1S/C32H39N5O4S2/c1-6-34-32(41)37-27(30-18(2)11-16-42-30)26(29(39)24-17-19(3)43-20(24)4)25(22-7-9-23(10-8-22)35-21(5)38)28(37)31(40)36-14-12-33-13-15-36/h7-11,16-17,25-28,33H,6,12-15H2,1-5H3,(H,34,41)(H,35,38). The van der Waals surface area contributed by atoms with Crippen molar-refractivity contribution in [2.45, 2.75) is 52.6 Å². The molecule has 2 fully saturated rings. The lowest BCUT2D eigenvalue weighted by Gasteiger charge is -2.36. The zero-order valence-corrected chi connectivity index (χ0v) is 26.9. The summed E-state index contributed by atoms with van der Waals surface area (Å²) in [6.45, 7) is 12.0. The molecule has 3 aromatic rings. The Labute approximate surface area is 260 Å². The number of hydrogen-bond donors (Lipinski definition) is 3. The lowest BCUT2D eigenvalue weighted by Crippen LogP contribution is -2.56. The summed E-state index contributed by atoms with van der Waals surface area (Å²) in [5, 5.41) is 11.0. The van der Waals surface area contributed by atoms with Gasteiger partial charge in [0.25, 0.3) is 0 Å². The fourth-order valence-electron chi connectivity index (χ4n) is 6.47. The molecule has 2 saturated heterocycles. The molecule has 9 nitrogen and oxygen atoms in total. The summed E-state index contributed by atoms with van der Waals surface area (Å²) in [6, 6.07) is 9.36. The van der Waals surface area contributed by atoms with Gasteiger partial charge < -0.3 is 25.8 Å². The summed E-state index contributed by atoms with van der Waals surface area (Å²) in [6.07, 6.45) is 0. The number of rotatable bonds is 7. The van der Waals surface area contributed by atoms with E-state index in [0.29, 0.717) is 44.0 Å². The normalized spacial score (nSPS) is 22.0. The summed E-state index contributed by atoms with van der Waals surface area (Å²) in [5.41, 5.74) is 3.02. The average molecular weight is 622 g/mol. The van der Waals surface area contributed by atoms with Crippen LogP contribution < -0.4 is 16.0 Å². The monoisotopic (exact) mass is 621 g/mol. The first-order valence-corrected chi connectivity index (χ1v) is 16.4. The molecule has 4 heterocycles. The minimum atomic E-state index is -0.906. The molecule has 0 spiro atoms. The first kappa shape index (κ1) is 30.9. The van der Waals surface area contributed by atoms with Crippen molar-refractivity contribution in [2.24, 2.45) is 5.92 Å². The number of Topliss-reactive ketones (excluding diaryl/α,β-unsaturated/α-hetero) is 1. The summed E-state index contributed by atoms with van der Waals surface area (Å²) < 4.78 is 0. The second-order valence-electron chi connectivity index (χ2n) is 11.2. The van der Waals surface area contributed by atoms with Gasteiger partial charge in [0.15, 0.2) is 5.78 Å². The summed E-state index contributed by atoms with van der Waals surface area (Å²) in [7, 11) is 0. The summed E-state index contributed by atoms with van der Waals surface area (Å²) in [5.74, 6) is -1.74. The van der Waals surface area contributed by atoms with Gasteiger partial charge in [0.1, 0.15) is 6.04 Å². The SMILES string of the molecule is CCNC(=O)N1C(C(=O)N2CCNCC2)C(c2ccc(NC(C)=O)cc2)C(C(=O)c2cc(C)sc2C)C1c1sccc1C. The Kier molecular flexibility index (Phi) is 9.33. The van der Waals surface area contributed by atoms with Crippen molar-refractivity contribution in [1.82, 2.24) is 20.4 Å². The number of piperazine rings is 1. The van der Waals surface area contributed by atoms with Crippen LogP contribution in [0.4, 0.5) is 10.5 Å². The predicted octanol–water partition coefficient (Wildman–Crippen LogP) is 4.86. The van der Waals surface area contributed by atoms with E-state index in [4.69, 9.17) is 0 Å². The lowest BCUT2D eigenvalue weighted by molar-refractivity contribution is -0.136. The highest BCUT2D eigenvalue weighted by atomic mass is 32.1. The lowest BCUT2D eigenvalue weighted by atomic mass is 9.76. The molecule has 4 unspecified atom stereocenters. The maximum Gasteiger partial charge on any atom is 0.318 e. The highest BCUT2D eigenvalue weighted by Gasteiger charge is 2.59. The number of nitrogens with one attached hydrogen (secondary N) is 3. The number of amides is 4. The number of carbonyl (C=O) groups is 4. The van der Waals surface area contributed by atoms with Crippen molar-refractivity contribution >= 4 is 52.0 Å². The smallest absolute Gasteiger partial charge is 0.318 e. The van der Waals surface area contributed by atoms with Crippen molar-refractivity contribution in [3.05, 3.63) is 73.1 Å². The van der Waals surface area contributed by atoms with Crippen LogP contribution in [0.25, 0.3) is 0 Å². The van der Waals surface area contributed by atoms with Gasteiger partial charge in [-0.25, -0.2) is 4.79 Å². The molecule has 2 aliphatic rings. The van der Waals surface area contributed by atoms with Gasteiger partial charge in [0.2, 0.25) is 11.8 Å². The van der Waals surface area contributed by atoms with Crippen LogP contribution in [-0.4, -0.2) is 72.2 Å². The Morgan fingerprint density at radius 3 is 2.28 bits per heavy atom. The van der Waals surface area contributed by atoms with Gasteiger partial charge in [-0.15, -0.1) is 22.7 Å². The number of hydrogen-bond acceptors (Lipinski definition) is 7. The number of benzene rings is 1. The fraction of sp³-hybridized carbons (Fsp3) is 0.438. The minimum absolute atomic E-state index is 0.0690. The van der Waals surface area contributed by atoms with Crippen LogP contribution in [0, 0.1) is 26.7 Å². The molecule has 4 amide bonds. The number of carbonyl (C=O) groups excluding carboxylic acids is 4. The Hall–Kier alpha value is -3.54. The van der Waals surface area contributed by atoms with E-state index in [1.807, 2.05) is 62.2 Å². The minimum Gasteiger partial charge on any atom is -0.338 e. The molecule has 0 aliphatic carbocycles. The van der Waals surface area contributed by atoms with Gasteiger partial charge in [0.05, 0.1) is 12.0 Å². The number of likely N-dealkylation sites (tertiary alicyclic amines) is 1. The molecule has 4 atom stereocenters. The van der Waals surface area contributed by atoms with E-state index >= 15 is 0 Å². The maximum absolute atomic E-state index is 14.8. The molecular formula is C32H39N5O4S2. The van der Waals surface area contributed by atoms with E-state index in [-0.39, 0.29) is 23.6 Å². The molecule has 5 rings (SSSR count). The Bertz CT molecular complexity index is 1510. The van der Waals surface area contributed by atoms with E-state index in [1.54, 1.807) is 28.4 Å². The molecule has 0 bridgehead atoms. The van der Waals surface area contributed by atoms with E-state index in [0.717, 1.165) is 25.8 Å². The van der Waals surface area contributed by atoms with Gasteiger partial charge in [-0.1, -0.05) is 12.1 Å². The van der Waals surface area contributed by atoms with Crippen LogP contribution in [0.3, 0.4) is 0 Å². The summed E-state index contributed by atoms with van der Waals surface area (Å²) >= 11 is 3.09. The van der Waals surface area contributed by atoms with E-state index in [2.05, 4.69) is 16.0 Å². The van der Waals surface area contributed by atoms with Gasteiger partial charge in [-0.2, -0.15) is 0 Å². The van der Waals surface area contributed by atoms with Crippen molar-refractivity contribution in [2.75, 3.05) is 38.0 Å². The van der Waals surface area contributed by atoms with E-state index < -0.39 is 23.9 Å². The van der Waals surface area contributed by atoms with Crippen LogP contribution in [0.15, 0.2) is 41.8 Å². The van der Waals surface area contributed by atoms with Crippen LogP contribution >= 0.6 is 22.7 Å². The molecule has 2 aliphatic heterocycles. The van der Waals surface area contributed by atoms with E-state index in [1.165, 1.54) is 18.3 Å². The zero-order chi connectivity index (χ0) is 30.8. The van der Waals surface area contributed by atoms with Crippen LogP contribution in [0.2, 0.25) is 0 Å². The molecule has 228 valence electrons. The molecular weight excluding hydrogens is 583 g/mol. The zero-order valence-electron chi connectivity index (χ0n) is 25.2. The molecule has 11 heteroatoms. The number of aryl methyl sites for hydroxylation is 3. The largest absolute Gasteiger partial charge is 0.338 e. The topological polar surface area (TPSA) is 111 Å². The fourth-order valence-corrected chi connectivity index (χ4v) is 8.47. The van der Waals surface area contributed by atoms with Crippen LogP contribution in [-0.2, 0) is 9.59 Å². The van der Waals surface area contributed by atoms with Gasteiger partial charge >= 0.3 is 6.03 Å². The van der Waals surface area contributed by atoms with E-state index in [9.17, 15) is 19.2 Å². The number of thiophene rings is 2. The quantitative estimate of drug-likeness (QED) is 0.327. The molecule has 2 aromatic heterocycles. The van der Waals surface area contributed by atoms with Gasteiger partial charge in [-0.3, -0.25) is 14.4 Å². The highest BCUT2D eigenvalue weighted by molar-refractivity contribution is 7.12. The third kappa shape index (κ3) is 6.11. The highest BCUT2D eigenvalue weighted by Crippen LogP contribution is 2.53. The number of ketones is 1. The Morgan fingerprint density at radius 1 is 1.02 bits per heavy atom. The van der Waals surface area contributed by atoms with Crippen LogP contribution in [0.5, 0.6) is 0 Å². The second kappa shape index (κ2) is 13.0. The van der Waals surface area contributed by atoms with Crippen molar-refractivity contribution in [3.63, 3.8) is 0 Å². The number of nitrogens with zero attached hydrogens (tertiary/aromatic N) is 2. The number of urea groups is 1. The van der Waals surface area contributed by atoms with Crippen molar-refractivity contribution in [1.29, 1.82) is 0 Å². The maximum atomic E-state index is 14.8. The first-order chi connectivity index (χ1) is 20.6. The molecule has 1 aromatic carbocycles. The van der Waals surface area contributed by atoms with Crippen molar-refractivity contribution in [3.8, 4) is 0 Å². The Balaban J connectivity index is 1.75. The van der Waals surface area contributed by atoms with Crippen molar-refractivity contribution < 1.29 is 19.2 Å². The molecule has 43 heavy (non-hydrogen) atoms. The van der Waals surface area contributed by atoms with Crippen LogP contribution in [0.1, 0.15) is 61.9 Å². The second-order valence-corrected chi connectivity index (χ2v) is 13.6. The Morgan fingerprint density at radius 2 is 1.72 bits per heavy atom.